The number of rotatable bonds is 4. The van der Waals surface area contributed by atoms with E-state index in [1.165, 1.54) is 6.07 Å². The van der Waals surface area contributed by atoms with Crippen LogP contribution in [0.2, 0.25) is 0 Å². The summed E-state index contributed by atoms with van der Waals surface area (Å²) in [5, 5.41) is 5.49. The number of anilines is 1. The zero-order valence-electron chi connectivity index (χ0n) is 17.9. The third-order valence-electron chi connectivity index (χ3n) is 6.27. The van der Waals surface area contributed by atoms with Crippen LogP contribution in [0.3, 0.4) is 0 Å². The van der Waals surface area contributed by atoms with Crippen molar-refractivity contribution in [3.63, 3.8) is 0 Å². The van der Waals surface area contributed by atoms with Crippen molar-refractivity contribution in [3.05, 3.63) is 71.2 Å². The minimum absolute atomic E-state index is 0.0916. The third kappa shape index (κ3) is 3.82. The quantitative estimate of drug-likeness (QED) is 0.586. The molecule has 3 atom stereocenters. The molecule has 1 saturated carbocycles. The highest BCUT2D eigenvalue weighted by molar-refractivity contribution is 5.95. The minimum atomic E-state index is -4.63. The summed E-state index contributed by atoms with van der Waals surface area (Å²) in [4.78, 5) is 31.7. The lowest BCUT2D eigenvalue weighted by atomic mass is 10.1. The van der Waals surface area contributed by atoms with E-state index in [0.717, 1.165) is 23.4 Å². The molecule has 1 unspecified atom stereocenters. The first-order valence-electron chi connectivity index (χ1n) is 10.9. The fourth-order valence-corrected chi connectivity index (χ4v) is 4.52. The molecule has 3 aliphatic rings. The number of alkyl halides is 3. The van der Waals surface area contributed by atoms with Crippen molar-refractivity contribution >= 4 is 17.6 Å². The molecule has 2 aromatic heterocycles. The van der Waals surface area contributed by atoms with Crippen molar-refractivity contribution < 1.29 is 32.2 Å². The molecular weight excluding hydrogens is 465 g/mol. The summed E-state index contributed by atoms with van der Waals surface area (Å²) >= 11 is 0. The molecular formula is C24H17F3N4O4. The Hall–Kier alpha value is -4.15. The van der Waals surface area contributed by atoms with E-state index in [1.54, 1.807) is 24.4 Å². The van der Waals surface area contributed by atoms with E-state index in [-0.39, 0.29) is 29.5 Å². The van der Waals surface area contributed by atoms with Gasteiger partial charge in [-0.15, -0.1) is 0 Å². The molecule has 11 heteroatoms. The average Bonchev–Trinajstić information content (AvgIpc) is 3.35. The van der Waals surface area contributed by atoms with Gasteiger partial charge in [0.1, 0.15) is 34.9 Å². The van der Waals surface area contributed by atoms with Crippen molar-refractivity contribution in [1.29, 1.82) is 0 Å². The van der Waals surface area contributed by atoms with Crippen LogP contribution < -0.4 is 20.1 Å². The van der Waals surface area contributed by atoms with E-state index in [9.17, 15) is 22.8 Å². The van der Waals surface area contributed by atoms with Gasteiger partial charge in [-0.25, -0.2) is 4.98 Å². The van der Waals surface area contributed by atoms with Gasteiger partial charge < -0.3 is 20.1 Å². The SMILES string of the molecule is O=C1CCc2c(Oc3ccc4c(c3)[C@@H]3C(O4)[C@H]3NC(=O)c3ccnc(C(F)(F)F)c3)ccnc2N1. The van der Waals surface area contributed by atoms with Gasteiger partial charge in [-0.05, 0) is 42.8 Å². The molecule has 1 aliphatic carbocycles. The molecule has 1 aromatic carbocycles. The van der Waals surface area contributed by atoms with Crippen molar-refractivity contribution in [2.75, 3.05) is 5.32 Å². The van der Waals surface area contributed by atoms with Gasteiger partial charge in [0.05, 0.1) is 12.0 Å². The van der Waals surface area contributed by atoms with Gasteiger partial charge in [0, 0.05) is 35.5 Å². The Morgan fingerprint density at radius 3 is 2.77 bits per heavy atom. The highest BCUT2D eigenvalue weighted by Gasteiger charge is 2.59. The number of halogens is 3. The lowest BCUT2D eigenvalue weighted by molar-refractivity contribution is -0.141. The van der Waals surface area contributed by atoms with Crippen LogP contribution in [0.1, 0.15) is 39.5 Å². The number of carbonyl (C=O) groups is 2. The van der Waals surface area contributed by atoms with Crippen LogP contribution in [0.4, 0.5) is 19.0 Å². The van der Waals surface area contributed by atoms with Crippen LogP contribution in [-0.2, 0) is 17.4 Å². The molecule has 4 heterocycles. The second-order valence-electron chi connectivity index (χ2n) is 8.52. The summed E-state index contributed by atoms with van der Waals surface area (Å²) in [6, 6.07) is 8.70. The second kappa shape index (κ2) is 7.69. The lowest BCUT2D eigenvalue weighted by Gasteiger charge is -2.19. The number of benzene rings is 1. The van der Waals surface area contributed by atoms with Crippen LogP contribution in [0.5, 0.6) is 17.2 Å². The van der Waals surface area contributed by atoms with Gasteiger partial charge in [-0.3, -0.25) is 14.6 Å². The number of carbonyl (C=O) groups excluding carboxylic acids is 2. The largest absolute Gasteiger partial charge is 0.487 e. The Kier molecular flexibility index (Phi) is 4.70. The van der Waals surface area contributed by atoms with Crippen LogP contribution in [0.15, 0.2) is 48.8 Å². The fourth-order valence-electron chi connectivity index (χ4n) is 4.52. The number of ether oxygens (including phenoxy) is 2. The average molecular weight is 482 g/mol. The maximum Gasteiger partial charge on any atom is 0.433 e. The third-order valence-corrected chi connectivity index (χ3v) is 6.27. The molecule has 0 bridgehead atoms. The fraction of sp³-hybridized carbons (Fsp3) is 0.250. The van der Waals surface area contributed by atoms with Crippen LogP contribution in [0.25, 0.3) is 0 Å². The number of nitrogens with zero attached hydrogens (tertiary/aromatic N) is 2. The van der Waals surface area contributed by atoms with Crippen LogP contribution in [0, 0.1) is 0 Å². The molecule has 0 spiro atoms. The Bertz CT molecular complexity index is 1380. The lowest BCUT2D eigenvalue weighted by Crippen LogP contribution is -2.30. The number of nitrogens with one attached hydrogen (secondary N) is 2. The molecule has 2 N–H and O–H groups in total. The van der Waals surface area contributed by atoms with Crippen molar-refractivity contribution in [2.45, 2.75) is 37.1 Å². The summed E-state index contributed by atoms with van der Waals surface area (Å²) in [6.07, 6.45) is -1.55. The predicted molar refractivity (Wildman–Crippen MR) is 115 cm³/mol. The highest BCUT2D eigenvalue weighted by Crippen LogP contribution is 2.54. The minimum Gasteiger partial charge on any atom is -0.487 e. The van der Waals surface area contributed by atoms with E-state index in [4.69, 9.17) is 9.47 Å². The Morgan fingerprint density at radius 1 is 1.11 bits per heavy atom. The first-order valence-corrected chi connectivity index (χ1v) is 10.9. The molecule has 8 nitrogen and oxygen atoms in total. The van der Waals surface area contributed by atoms with Gasteiger partial charge in [0.15, 0.2) is 0 Å². The van der Waals surface area contributed by atoms with Crippen molar-refractivity contribution in [2.24, 2.45) is 0 Å². The smallest absolute Gasteiger partial charge is 0.433 e. The first-order chi connectivity index (χ1) is 16.8. The Balaban J connectivity index is 1.18. The molecule has 0 saturated heterocycles. The van der Waals surface area contributed by atoms with E-state index in [2.05, 4.69) is 20.6 Å². The first kappa shape index (κ1) is 21.4. The highest BCUT2D eigenvalue weighted by atomic mass is 19.4. The topological polar surface area (TPSA) is 102 Å². The number of aromatic nitrogens is 2. The maximum atomic E-state index is 12.9. The van der Waals surface area contributed by atoms with Crippen molar-refractivity contribution in [1.82, 2.24) is 15.3 Å². The van der Waals surface area contributed by atoms with E-state index in [0.29, 0.717) is 35.9 Å². The standard InChI is InChI=1S/C24H17F3N4O4/c25-24(26,27)17-9-11(5-7-28-17)23(33)31-20-19-14-10-12(1-3-15(14)35-21(19)20)34-16-6-8-29-22-13(16)2-4-18(32)30-22/h1,3,5-10,19-21H,2,4H2,(H,31,33)(H,29,30,32)/t19-,20-,21?/m0/s1. The molecule has 1 fully saturated rings. The molecule has 2 aliphatic heterocycles. The van der Waals surface area contributed by atoms with Gasteiger partial charge in [-0.2, -0.15) is 13.2 Å². The number of amides is 2. The summed E-state index contributed by atoms with van der Waals surface area (Å²) in [7, 11) is 0. The molecule has 178 valence electrons. The van der Waals surface area contributed by atoms with Gasteiger partial charge in [0.2, 0.25) is 5.91 Å². The summed E-state index contributed by atoms with van der Waals surface area (Å²) in [5.41, 5.74) is 0.417. The second-order valence-corrected chi connectivity index (χ2v) is 8.52. The zero-order chi connectivity index (χ0) is 24.3. The number of hydrogen-bond donors (Lipinski definition) is 2. The summed E-state index contributed by atoms with van der Waals surface area (Å²) in [6.45, 7) is 0. The van der Waals surface area contributed by atoms with E-state index < -0.39 is 17.8 Å². The van der Waals surface area contributed by atoms with Gasteiger partial charge in [-0.1, -0.05) is 0 Å². The molecule has 0 radical (unpaired) electrons. The summed E-state index contributed by atoms with van der Waals surface area (Å²) in [5.74, 6) is 1.45. The number of fused-ring (bicyclic) bond motifs is 4. The predicted octanol–water partition coefficient (Wildman–Crippen LogP) is 3.83. The molecule has 2 amide bonds. The van der Waals surface area contributed by atoms with Gasteiger partial charge >= 0.3 is 6.18 Å². The number of hydrogen-bond acceptors (Lipinski definition) is 6. The van der Waals surface area contributed by atoms with Crippen LogP contribution in [-0.4, -0.2) is 33.9 Å². The Labute approximate surface area is 196 Å². The monoisotopic (exact) mass is 482 g/mol. The van der Waals surface area contributed by atoms with Crippen LogP contribution >= 0.6 is 0 Å². The normalized spacial score (nSPS) is 21.7. The molecule has 3 aromatic rings. The Morgan fingerprint density at radius 2 is 1.94 bits per heavy atom. The molecule has 35 heavy (non-hydrogen) atoms. The van der Waals surface area contributed by atoms with Gasteiger partial charge in [0.25, 0.3) is 5.91 Å². The van der Waals surface area contributed by atoms with Crippen molar-refractivity contribution in [3.8, 4) is 17.2 Å². The maximum absolute atomic E-state index is 12.9. The summed E-state index contributed by atoms with van der Waals surface area (Å²) < 4.78 is 50.7. The zero-order valence-corrected chi connectivity index (χ0v) is 17.9. The van der Waals surface area contributed by atoms with E-state index in [1.807, 2.05) is 6.07 Å². The van der Waals surface area contributed by atoms with E-state index >= 15 is 0 Å². The number of pyridine rings is 2. The molecule has 6 rings (SSSR count).